The minimum atomic E-state index is -0.873. The number of thioether (sulfide) groups is 1. The molecule has 8 atom stereocenters. The average molecular weight is 668 g/mol. The van der Waals surface area contributed by atoms with Crippen molar-refractivity contribution in [2.45, 2.75) is 72.9 Å². The topological polar surface area (TPSA) is 87.1 Å². The fraction of sp³-hybridized carbons (Fsp3) is 0.581. The Hall–Kier alpha value is -1.81. The van der Waals surface area contributed by atoms with Crippen LogP contribution in [0.2, 0.25) is 5.02 Å². The van der Waals surface area contributed by atoms with E-state index in [1.807, 2.05) is 19.9 Å². The SMILES string of the molecule is C=CCCCCOC(=O)[C@H]1[C@H]2C(=O)N([C@@H](CO)[C@@H](C)CC)C(C(=O)N(CC=C)c3ccc(Cl)cc3)C23CC(Br)[C@@H]1S3. The first-order chi connectivity index (χ1) is 19.7. The molecule has 3 aliphatic heterocycles. The third-order valence-corrected chi connectivity index (χ3v) is 12.3. The molecule has 3 fully saturated rings. The summed E-state index contributed by atoms with van der Waals surface area (Å²) in [6, 6.07) is 5.55. The maximum absolute atomic E-state index is 14.7. The summed E-state index contributed by atoms with van der Waals surface area (Å²) < 4.78 is 4.89. The molecule has 3 unspecified atom stereocenters. The highest BCUT2D eigenvalue weighted by Gasteiger charge is 2.76. The van der Waals surface area contributed by atoms with Crippen LogP contribution in [0.1, 0.15) is 46.0 Å². The number of halogens is 2. The van der Waals surface area contributed by atoms with Gasteiger partial charge in [-0.15, -0.1) is 24.9 Å². The summed E-state index contributed by atoms with van der Waals surface area (Å²) >= 11 is 11.5. The molecule has 1 N–H and O–H groups in total. The number of allylic oxidation sites excluding steroid dienone is 1. The third-order valence-electron chi connectivity index (χ3n) is 8.84. The Kier molecular flexibility index (Phi) is 10.7. The highest BCUT2D eigenvalue weighted by Crippen LogP contribution is 2.68. The number of nitrogens with zero attached hydrogens (tertiary/aromatic N) is 2. The number of likely N-dealkylation sites (tertiary alicyclic amines) is 1. The summed E-state index contributed by atoms with van der Waals surface area (Å²) in [5.74, 6) is -2.34. The van der Waals surface area contributed by atoms with Crippen LogP contribution < -0.4 is 4.90 Å². The van der Waals surface area contributed by atoms with Gasteiger partial charge in [0, 0.05) is 27.3 Å². The Labute approximate surface area is 260 Å². The maximum atomic E-state index is 14.7. The zero-order valence-electron chi connectivity index (χ0n) is 23.7. The average Bonchev–Trinajstić information content (AvgIpc) is 3.55. The van der Waals surface area contributed by atoms with Gasteiger partial charge >= 0.3 is 5.97 Å². The number of anilines is 1. The molecule has 3 aliphatic rings. The molecule has 0 saturated carbocycles. The van der Waals surface area contributed by atoms with Crippen molar-refractivity contribution in [1.82, 2.24) is 4.90 Å². The van der Waals surface area contributed by atoms with Crippen LogP contribution in [0.5, 0.6) is 0 Å². The Bertz CT molecular complexity index is 1150. The first kappa shape index (κ1) is 32.1. The number of fused-ring (bicyclic) bond motifs is 1. The number of carbonyl (C=O) groups is 3. The van der Waals surface area contributed by atoms with E-state index in [-0.39, 0.29) is 53.5 Å². The van der Waals surface area contributed by atoms with E-state index in [4.69, 9.17) is 16.3 Å². The van der Waals surface area contributed by atoms with Crippen LogP contribution in [0.15, 0.2) is 49.6 Å². The number of unbranched alkanes of at least 4 members (excludes halogenated alkanes) is 2. The van der Waals surface area contributed by atoms with Gasteiger partial charge in [-0.3, -0.25) is 14.4 Å². The maximum Gasteiger partial charge on any atom is 0.310 e. The van der Waals surface area contributed by atoms with E-state index in [1.54, 1.807) is 51.9 Å². The number of rotatable bonds is 14. The zero-order valence-corrected chi connectivity index (χ0v) is 26.9. The minimum absolute atomic E-state index is 0.0601. The Morgan fingerprint density at radius 3 is 2.61 bits per heavy atom. The number of aliphatic hydroxyl groups excluding tert-OH is 1. The number of carbonyl (C=O) groups excluding carboxylic acids is 3. The third kappa shape index (κ3) is 5.89. The summed E-state index contributed by atoms with van der Waals surface area (Å²) in [5.41, 5.74) is 0.638. The standard InChI is InChI=1S/C31H40BrClN2O5S/c1-5-8-9-10-16-40-30(39)24-25-28(37)35(23(18-36)19(4)7-3)27(31(25)17-22(32)26(24)41-31)29(38)34(15-6-2)21-13-11-20(33)12-14-21/h5-6,11-14,19,22-27,36H,1-2,7-10,15-18H2,3-4H3/t19-,22?,23-,24-,25-,26-,27?,31?/m0/s1. The second kappa shape index (κ2) is 13.7. The van der Waals surface area contributed by atoms with Gasteiger partial charge in [0.2, 0.25) is 5.91 Å². The minimum Gasteiger partial charge on any atom is -0.465 e. The number of aliphatic hydroxyl groups is 1. The van der Waals surface area contributed by atoms with E-state index in [2.05, 4.69) is 29.1 Å². The first-order valence-electron chi connectivity index (χ1n) is 14.4. The van der Waals surface area contributed by atoms with Crippen LogP contribution in [0, 0.1) is 17.8 Å². The second-order valence-corrected chi connectivity index (χ2v) is 14.4. The van der Waals surface area contributed by atoms with Crippen molar-refractivity contribution < 1.29 is 24.2 Å². The lowest BCUT2D eigenvalue weighted by Gasteiger charge is -2.41. The van der Waals surface area contributed by atoms with E-state index in [0.717, 1.165) is 19.3 Å². The van der Waals surface area contributed by atoms with Crippen LogP contribution in [0.4, 0.5) is 5.69 Å². The van der Waals surface area contributed by atoms with Crippen molar-refractivity contribution in [3.05, 3.63) is 54.6 Å². The van der Waals surface area contributed by atoms with Crippen molar-refractivity contribution in [3.8, 4) is 0 Å². The van der Waals surface area contributed by atoms with Gasteiger partial charge in [0.25, 0.3) is 5.91 Å². The van der Waals surface area contributed by atoms with Gasteiger partial charge in [0.05, 0.1) is 35.8 Å². The summed E-state index contributed by atoms with van der Waals surface area (Å²) in [6.07, 6.45) is 7.19. The first-order valence-corrected chi connectivity index (χ1v) is 16.5. The van der Waals surface area contributed by atoms with Gasteiger partial charge in [0.15, 0.2) is 0 Å². The monoisotopic (exact) mass is 666 g/mol. The Morgan fingerprint density at radius 2 is 2.00 bits per heavy atom. The smallest absolute Gasteiger partial charge is 0.310 e. The van der Waals surface area contributed by atoms with Gasteiger partial charge in [0.1, 0.15) is 6.04 Å². The van der Waals surface area contributed by atoms with Gasteiger partial charge in [-0.25, -0.2) is 0 Å². The molecule has 0 aliphatic carbocycles. The molecule has 0 radical (unpaired) electrons. The molecule has 41 heavy (non-hydrogen) atoms. The van der Waals surface area contributed by atoms with Crippen molar-refractivity contribution in [1.29, 1.82) is 0 Å². The number of ether oxygens (including phenoxy) is 1. The predicted octanol–water partition coefficient (Wildman–Crippen LogP) is 5.63. The highest BCUT2D eigenvalue weighted by atomic mass is 79.9. The molecule has 2 bridgehead atoms. The fourth-order valence-corrected chi connectivity index (χ4v) is 10.4. The Balaban J connectivity index is 1.76. The van der Waals surface area contributed by atoms with Crippen molar-refractivity contribution >= 4 is 62.8 Å². The van der Waals surface area contributed by atoms with Crippen LogP contribution in [-0.4, -0.2) is 74.5 Å². The molecule has 2 amide bonds. The lowest BCUT2D eigenvalue weighted by atomic mass is 9.71. The molecule has 10 heteroatoms. The van der Waals surface area contributed by atoms with Crippen molar-refractivity contribution in [2.24, 2.45) is 17.8 Å². The molecule has 3 heterocycles. The van der Waals surface area contributed by atoms with E-state index in [9.17, 15) is 19.5 Å². The lowest BCUT2D eigenvalue weighted by molar-refractivity contribution is -0.154. The van der Waals surface area contributed by atoms with Gasteiger partial charge < -0.3 is 19.6 Å². The fourth-order valence-electron chi connectivity index (χ4n) is 6.67. The molecule has 1 aromatic rings. The zero-order chi connectivity index (χ0) is 29.9. The number of alkyl halides is 1. The van der Waals surface area contributed by atoms with Crippen LogP contribution >= 0.6 is 39.3 Å². The van der Waals surface area contributed by atoms with Crippen molar-refractivity contribution in [3.63, 3.8) is 0 Å². The molecule has 1 aromatic carbocycles. The highest BCUT2D eigenvalue weighted by molar-refractivity contribution is 9.09. The number of benzene rings is 1. The molecule has 224 valence electrons. The van der Waals surface area contributed by atoms with Crippen LogP contribution in [-0.2, 0) is 19.1 Å². The summed E-state index contributed by atoms with van der Waals surface area (Å²) in [7, 11) is 0. The predicted molar refractivity (Wildman–Crippen MR) is 168 cm³/mol. The van der Waals surface area contributed by atoms with E-state index in [0.29, 0.717) is 23.6 Å². The molecule has 0 aromatic heterocycles. The van der Waals surface area contributed by atoms with Gasteiger partial charge in [-0.1, -0.05) is 60.0 Å². The van der Waals surface area contributed by atoms with Gasteiger partial charge in [-0.2, -0.15) is 0 Å². The molecule has 1 spiro atoms. The number of esters is 1. The van der Waals surface area contributed by atoms with Crippen molar-refractivity contribution in [2.75, 3.05) is 24.7 Å². The number of hydrogen-bond donors (Lipinski definition) is 1. The molecular weight excluding hydrogens is 628 g/mol. The molecule has 4 rings (SSSR count). The molecule has 7 nitrogen and oxygen atoms in total. The molecule has 3 saturated heterocycles. The number of amides is 2. The summed E-state index contributed by atoms with van der Waals surface area (Å²) in [4.78, 5) is 45.9. The van der Waals surface area contributed by atoms with E-state index >= 15 is 0 Å². The lowest BCUT2D eigenvalue weighted by Crippen LogP contribution is -2.59. The normalized spacial score (nSPS) is 29.6. The van der Waals surface area contributed by atoms with E-state index in [1.165, 1.54) is 0 Å². The number of hydrogen-bond acceptors (Lipinski definition) is 6. The van der Waals surface area contributed by atoms with Crippen LogP contribution in [0.25, 0.3) is 0 Å². The van der Waals surface area contributed by atoms with Gasteiger partial charge in [-0.05, 0) is 55.9 Å². The second-order valence-electron chi connectivity index (χ2n) is 11.2. The molecular formula is C31H40BrClN2O5S. The summed E-state index contributed by atoms with van der Waals surface area (Å²) in [5, 5.41) is 10.9. The summed E-state index contributed by atoms with van der Waals surface area (Å²) in [6.45, 7) is 11.8. The Morgan fingerprint density at radius 1 is 1.29 bits per heavy atom. The van der Waals surface area contributed by atoms with Crippen LogP contribution in [0.3, 0.4) is 0 Å². The van der Waals surface area contributed by atoms with E-state index < -0.39 is 28.7 Å². The largest absolute Gasteiger partial charge is 0.465 e. The quantitative estimate of drug-likeness (QED) is 0.120.